The van der Waals surface area contributed by atoms with E-state index in [0.29, 0.717) is 5.38 Å². The van der Waals surface area contributed by atoms with Gasteiger partial charge in [0.05, 0.1) is 0 Å². The zero-order valence-electron chi connectivity index (χ0n) is 12.1. The van der Waals surface area contributed by atoms with Crippen LogP contribution >= 0.6 is 11.6 Å². The van der Waals surface area contributed by atoms with Crippen molar-refractivity contribution in [3.63, 3.8) is 0 Å². The van der Waals surface area contributed by atoms with Gasteiger partial charge in [0.25, 0.3) is 0 Å². The highest BCUT2D eigenvalue weighted by Gasteiger charge is 2.29. The first-order valence-electron chi connectivity index (χ1n) is 7.79. The summed E-state index contributed by atoms with van der Waals surface area (Å²) < 4.78 is 0. The molecule has 1 rings (SSSR count). The quantitative estimate of drug-likeness (QED) is 0.387. The Hall–Kier alpha value is 0.290. The molecule has 0 amide bonds. The number of alkyl halides is 1. The summed E-state index contributed by atoms with van der Waals surface area (Å²) in [6.45, 7) is 7.03. The molecule has 1 saturated carbocycles. The molecule has 0 spiro atoms. The van der Waals surface area contributed by atoms with E-state index in [2.05, 4.69) is 20.8 Å². The minimum atomic E-state index is 0.469. The molecule has 0 heterocycles. The molecule has 0 aliphatic heterocycles. The smallest absolute Gasteiger partial charge is 0.0364 e. The van der Waals surface area contributed by atoms with Crippen LogP contribution in [0.2, 0.25) is 0 Å². The summed E-state index contributed by atoms with van der Waals surface area (Å²) in [5, 5.41) is 0.469. The Morgan fingerprint density at radius 1 is 1.06 bits per heavy atom. The Bertz CT molecular complexity index is 188. The van der Waals surface area contributed by atoms with Crippen molar-refractivity contribution in [2.75, 3.05) is 0 Å². The number of rotatable bonds is 7. The third-order valence-electron chi connectivity index (χ3n) is 4.55. The first-order chi connectivity index (χ1) is 8.15. The third kappa shape index (κ3) is 5.64. The molecule has 1 aliphatic carbocycles. The van der Waals surface area contributed by atoms with Crippen LogP contribution in [0.15, 0.2) is 0 Å². The maximum atomic E-state index is 6.49. The molecule has 0 saturated heterocycles. The van der Waals surface area contributed by atoms with Crippen LogP contribution in [-0.2, 0) is 0 Å². The first-order valence-corrected chi connectivity index (χ1v) is 8.22. The second-order valence-corrected chi connectivity index (χ2v) is 6.86. The summed E-state index contributed by atoms with van der Waals surface area (Å²) in [7, 11) is 0. The van der Waals surface area contributed by atoms with Crippen LogP contribution in [0.4, 0.5) is 0 Å². The summed E-state index contributed by atoms with van der Waals surface area (Å²) in [5.74, 6) is 2.59. The molecule has 0 aromatic carbocycles. The number of hydrogen-bond donors (Lipinski definition) is 0. The lowest BCUT2D eigenvalue weighted by molar-refractivity contribution is 0.208. The second kappa shape index (κ2) is 8.40. The highest BCUT2D eigenvalue weighted by atomic mass is 35.5. The molecule has 1 fully saturated rings. The number of unbranched alkanes of at least 4 members (excludes halogenated alkanes) is 4. The maximum Gasteiger partial charge on any atom is 0.0364 e. The van der Waals surface area contributed by atoms with Crippen molar-refractivity contribution in [3.05, 3.63) is 0 Å². The average Bonchev–Trinajstić information content (AvgIpc) is 2.30. The van der Waals surface area contributed by atoms with Gasteiger partial charge in [-0.1, -0.05) is 52.9 Å². The van der Waals surface area contributed by atoms with Gasteiger partial charge in [0, 0.05) is 5.38 Å². The summed E-state index contributed by atoms with van der Waals surface area (Å²) >= 11 is 6.49. The zero-order valence-corrected chi connectivity index (χ0v) is 12.8. The Morgan fingerprint density at radius 3 is 2.41 bits per heavy atom. The monoisotopic (exact) mass is 258 g/mol. The van der Waals surface area contributed by atoms with E-state index in [9.17, 15) is 0 Å². The van der Waals surface area contributed by atoms with Gasteiger partial charge >= 0.3 is 0 Å². The van der Waals surface area contributed by atoms with Gasteiger partial charge in [0.2, 0.25) is 0 Å². The van der Waals surface area contributed by atoms with Crippen LogP contribution in [0.5, 0.6) is 0 Å². The minimum absolute atomic E-state index is 0.469. The average molecular weight is 259 g/mol. The van der Waals surface area contributed by atoms with Crippen molar-refractivity contribution < 1.29 is 0 Å². The fourth-order valence-corrected chi connectivity index (χ4v) is 3.53. The molecule has 0 aromatic heterocycles. The van der Waals surface area contributed by atoms with Gasteiger partial charge in [-0.25, -0.2) is 0 Å². The fraction of sp³-hybridized carbons (Fsp3) is 1.00. The Labute approximate surface area is 114 Å². The van der Waals surface area contributed by atoms with E-state index in [1.54, 1.807) is 0 Å². The van der Waals surface area contributed by atoms with Gasteiger partial charge in [-0.05, 0) is 43.4 Å². The number of hydrogen-bond acceptors (Lipinski definition) is 0. The standard InChI is InChI=1S/C16H31Cl/c1-4-5-6-7-8-9-15-12-14(13(2)3)10-11-16(15)17/h13-16H,4-12H2,1-3H3. The summed E-state index contributed by atoms with van der Waals surface area (Å²) in [5.41, 5.74) is 0. The lowest BCUT2D eigenvalue weighted by atomic mass is 9.74. The zero-order chi connectivity index (χ0) is 12.7. The van der Waals surface area contributed by atoms with Crippen LogP contribution in [0, 0.1) is 17.8 Å². The van der Waals surface area contributed by atoms with E-state index in [1.165, 1.54) is 57.8 Å². The molecule has 0 radical (unpaired) electrons. The molecule has 0 N–H and O–H groups in total. The summed E-state index contributed by atoms with van der Waals surface area (Å²) in [4.78, 5) is 0. The van der Waals surface area contributed by atoms with Crippen molar-refractivity contribution >= 4 is 11.6 Å². The minimum Gasteiger partial charge on any atom is -0.123 e. The molecule has 3 unspecified atom stereocenters. The number of halogens is 1. The second-order valence-electron chi connectivity index (χ2n) is 6.30. The van der Waals surface area contributed by atoms with Crippen molar-refractivity contribution in [1.82, 2.24) is 0 Å². The van der Waals surface area contributed by atoms with Crippen LogP contribution < -0.4 is 0 Å². The predicted octanol–water partition coefficient (Wildman–Crippen LogP) is 6.03. The maximum absolute atomic E-state index is 6.49. The van der Waals surface area contributed by atoms with Crippen molar-refractivity contribution in [1.29, 1.82) is 0 Å². The van der Waals surface area contributed by atoms with E-state index >= 15 is 0 Å². The molecule has 3 atom stereocenters. The molecule has 1 heteroatoms. The van der Waals surface area contributed by atoms with Crippen molar-refractivity contribution in [2.45, 2.75) is 83.9 Å². The van der Waals surface area contributed by atoms with Gasteiger partial charge < -0.3 is 0 Å². The molecule has 17 heavy (non-hydrogen) atoms. The largest absolute Gasteiger partial charge is 0.123 e. The Morgan fingerprint density at radius 2 is 1.76 bits per heavy atom. The van der Waals surface area contributed by atoms with Gasteiger partial charge in [-0.15, -0.1) is 11.6 Å². The third-order valence-corrected chi connectivity index (χ3v) is 5.13. The van der Waals surface area contributed by atoms with E-state index < -0.39 is 0 Å². The highest BCUT2D eigenvalue weighted by Crippen LogP contribution is 2.38. The van der Waals surface area contributed by atoms with E-state index in [1.807, 2.05) is 0 Å². The lowest BCUT2D eigenvalue weighted by Crippen LogP contribution is -2.27. The fourth-order valence-electron chi connectivity index (χ4n) is 3.18. The first kappa shape index (κ1) is 15.3. The van der Waals surface area contributed by atoms with E-state index in [0.717, 1.165) is 17.8 Å². The van der Waals surface area contributed by atoms with Crippen LogP contribution in [0.3, 0.4) is 0 Å². The van der Waals surface area contributed by atoms with Crippen LogP contribution in [0.1, 0.15) is 78.6 Å². The molecule has 0 nitrogen and oxygen atoms in total. The summed E-state index contributed by atoms with van der Waals surface area (Å²) in [6, 6.07) is 0. The van der Waals surface area contributed by atoms with Gasteiger partial charge in [0.15, 0.2) is 0 Å². The van der Waals surface area contributed by atoms with E-state index in [-0.39, 0.29) is 0 Å². The van der Waals surface area contributed by atoms with Crippen molar-refractivity contribution in [3.8, 4) is 0 Å². The molecule has 0 aromatic rings. The Balaban J connectivity index is 2.20. The molecule has 0 bridgehead atoms. The highest BCUT2D eigenvalue weighted by molar-refractivity contribution is 6.20. The molecular weight excluding hydrogens is 228 g/mol. The SMILES string of the molecule is CCCCCCCC1CC(C(C)C)CCC1Cl. The van der Waals surface area contributed by atoms with Gasteiger partial charge in [-0.2, -0.15) is 0 Å². The summed E-state index contributed by atoms with van der Waals surface area (Å²) in [6.07, 6.45) is 12.4. The van der Waals surface area contributed by atoms with Gasteiger partial charge in [-0.3, -0.25) is 0 Å². The molecular formula is C16H31Cl. The molecule has 1 aliphatic rings. The predicted molar refractivity (Wildman–Crippen MR) is 78.7 cm³/mol. The van der Waals surface area contributed by atoms with Crippen LogP contribution in [-0.4, -0.2) is 5.38 Å². The van der Waals surface area contributed by atoms with E-state index in [4.69, 9.17) is 11.6 Å². The van der Waals surface area contributed by atoms with Gasteiger partial charge in [0.1, 0.15) is 0 Å². The topological polar surface area (TPSA) is 0 Å². The Kier molecular flexibility index (Phi) is 7.59. The molecule has 102 valence electrons. The van der Waals surface area contributed by atoms with Crippen molar-refractivity contribution in [2.24, 2.45) is 17.8 Å². The van der Waals surface area contributed by atoms with Crippen LogP contribution in [0.25, 0.3) is 0 Å². The normalized spacial score (nSPS) is 29.8. The lowest BCUT2D eigenvalue weighted by Gasteiger charge is -2.35.